The van der Waals surface area contributed by atoms with Gasteiger partial charge in [-0.3, -0.25) is 10.1 Å². The van der Waals surface area contributed by atoms with Crippen LogP contribution in [0.5, 0.6) is 11.5 Å². The highest BCUT2D eigenvalue weighted by molar-refractivity contribution is 6.09. The first-order valence-corrected chi connectivity index (χ1v) is 13.6. The summed E-state index contributed by atoms with van der Waals surface area (Å²) in [5.41, 5.74) is 2.26. The number of halogens is 3. The second-order valence-electron chi connectivity index (χ2n) is 9.61. The van der Waals surface area contributed by atoms with Crippen LogP contribution in [0.1, 0.15) is 27.5 Å². The lowest BCUT2D eigenvalue weighted by Crippen LogP contribution is -2.33. The van der Waals surface area contributed by atoms with Gasteiger partial charge in [-0.15, -0.1) is 0 Å². The SMILES string of the molecule is COC(=O)C(NCCNc1ccc(NC(=O)c2cc(OC)c(OC)cc2-c2ccc(C(F)(F)F)cc2)cc1)c1ccccc1. The van der Waals surface area contributed by atoms with Crippen LogP contribution in [0.4, 0.5) is 24.5 Å². The molecule has 8 nitrogen and oxygen atoms in total. The largest absolute Gasteiger partial charge is 0.493 e. The molecule has 0 bridgehead atoms. The topological polar surface area (TPSA) is 97.9 Å². The van der Waals surface area contributed by atoms with E-state index < -0.39 is 23.7 Å². The summed E-state index contributed by atoms with van der Waals surface area (Å²) in [5.74, 6) is -0.249. The molecule has 230 valence electrons. The van der Waals surface area contributed by atoms with Gasteiger partial charge in [0.05, 0.1) is 32.5 Å². The fraction of sp³-hybridized carbons (Fsp3) is 0.212. The summed E-state index contributed by atoms with van der Waals surface area (Å²) in [7, 11) is 4.20. The number of hydrogen-bond acceptors (Lipinski definition) is 7. The highest BCUT2D eigenvalue weighted by Crippen LogP contribution is 2.37. The molecule has 4 rings (SSSR count). The van der Waals surface area contributed by atoms with E-state index in [1.54, 1.807) is 30.3 Å². The van der Waals surface area contributed by atoms with E-state index in [4.69, 9.17) is 14.2 Å². The van der Waals surface area contributed by atoms with Crippen molar-refractivity contribution in [3.8, 4) is 22.6 Å². The van der Waals surface area contributed by atoms with E-state index in [0.717, 1.165) is 23.4 Å². The molecule has 0 aliphatic heterocycles. The van der Waals surface area contributed by atoms with Crippen molar-refractivity contribution >= 4 is 23.3 Å². The second-order valence-corrected chi connectivity index (χ2v) is 9.61. The normalized spacial score (nSPS) is 11.8. The number of esters is 1. The van der Waals surface area contributed by atoms with Gasteiger partial charge in [-0.05, 0) is 65.2 Å². The molecule has 1 amide bonds. The summed E-state index contributed by atoms with van der Waals surface area (Å²) in [6.07, 6.45) is -4.48. The molecule has 0 aliphatic rings. The number of carbonyl (C=O) groups excluding carboxylic acids is 2. The molecule has 0 saturated heterocycles. The lowest BCUT2D eigenvalue weighted by Gasteiger charge is -2.17. The zero-order chi connectivity index (χ0) is 31.7. The molecule has 1 unspecified atom stereocenters. The summed E-state index contributed by atoms with van der Waals surface area (Å²) in [5, 5.41) is 9.28. The molecule has 0 saturated carbocycles. The lowest BCUT2D eigenvalue weighted by atomic mass is 9.97. The van der Waals surface area contributed by atoms with Gasteiger partial charge in [-0.25, -0.2) is 4.79 Å². The summed E-state index contributed by atoms with van der Waals surface area (Å²) < 4.78 is 55.0. The lowest BCUT2D eigenvalue weighted by molar-refractivity contribution is -0.143. The maximum absolute atomic E-state index is 13.4. The molecule has 0 aromatic heterocycles. The first kappa shape index (κ1) is 31.9. The smallest absolute Gasteiger partial charge is 0.416 e. The molecule has 0 fully saturated rings. The molecule has 0 heterocycles. The molecule has 0 spiro atoms. The average Bonchev–Trinajstić information content (AvgIpc) is 3.04. The number of amides is 1. The Bertz CT molecular complexity index is 1560. The van der Waals surface area contributed by atoms with Crippen LogP contribution < -0.4 is 25.4 Å². The third-order valence-electron chi connectivity index (χ3n) is 6.81. The van der Waals surface area contributed by atoms with Crippen molar-refractivity contribution in [3.63, 3.8) is 0 Å². The predicted octanol–water partition coefficient (Wildman–Crippen LogP) is 6.56. The molecule has 4 aromatic carbocycles. The first-order chi connectivity index (χ1) is 21.1. The van der Waals surface area contributed by atoms with E-state index in [0.29, 0.717) is 41.4 Å². The van der Waals surface area contributed by atoms with Crippen molar-refractivity contribution in [1.29, 1.82) is 0 Å². The van der Waals surface area contributed by atoms with Crippen LogP contribution in [-0.2, 0) is 15.7 Å². The van der Waals surface area contributed by atoms with Crippen LogP contribution in [-0.4, -0.2) is 46.3 Å². The Morgan fingerprint density at radius 2 is 1.39 bits per heavy atom. The van der Waals surface area contributed by atoms with Crippen LogP contribution in [0.2, 0.25) is 0 Å². The Morgan fingerprint density at radius 3 is 1.98 bits per heavy atom. The van der Waals surface area contributed by atoms with Gasteiger partial charge >= 0.3 is 12.1 Å². The van der Waals surface area contributed by atoms with Gasteiger partial charge in [0.2, 0.25) is 0 Å². The van der Waals surface area contributed by atoms with E-state index in [1.807, 2.05) is 30.3 Å². The monoisotopic (exact) mass is 607 g/mol. The Hall–Kier alpha value is -5.03. The van der Waals surface area contributed by atoms with Crippen molar-refractivity contribution in [3.05, 3.63) is 108 Å². The Labute approximate surface area is 253 Å². The maximum atomic E-state index is 13.4. The molecule has 0 aliphatic carbocycles. The first-order valence-electron chi connectivity index (χ1n) is 13.6. The van der Waals surface area contributed by atoms with Crippen molar-refractivity contribution in [1.82, 2.24) is 5.32 Å². The second kappa shape index (κ2) is 14.4. The van der Waals surface area contributed by atoms with Crippen LogP contribution >= 0.6 is 0 Å². The zero-order valence-electron chi connectivity index (χ0n) is 24.3. The minimum atomic E-state index is -4.48. The number of benzene rings is 4. The van der Waals surface area contributed by atoms with Gasteiger partial charge in [0.1, 0.15) is 6.04 Å². The maximum Gasteiger partial charge on any atom is 0.416 e. The highest BCUT2D eigenvalue weighted by Gasteiger charge is 2.30. The number of alkyl halides is 3. The Balaban J connectivity index is 1.44. The fourth-order valence-electron chi connectivity index (χ4n) is 4.54. The van der Waals surface area contributed by atoms with Crippen LogP contribution in [0.25, 0.3) is 11.1 Å². The third-order valence-corrected chi connectivity index (χ3v) is 6.81. The minimum absolute atomic E-state index is 0.189. The standard InChI is InChI=1S/C33H32F3N3O5/c1-42-28-19-26(21-9-11-23(12-10-21)33(34,35)36)27(20-29(28)43-2)31(40)39-25-15-13-24(14-16-25)37-17-18-38-30(32(41)44-3)22-7-5-4-6-8-22/h4-16,19-20,30,37-38H,17-18H2,1-3H3,(H,39,40). The number of nitrogens with one attached hydrogen (secondary N) is 3. The van der Waals surface area contributed by atoms with E-state index in [-0.39, 0.29) is 11.5 Å². The average molecular weight is 608 g/mol. The number of ether oxygens (including phenoxy) is 3. The van der Waals surface area contributed by atoms with Crippen molar-refractivity contribution < 1.29 is 37.0 Å². The number of anilines is 2. The van der Waals surface area contributed by atoms with Gasteiger partial charge in [0.25, 0.3) is 5.91 Å². The van der Waals surface area contributed by atoms with Crippen LogP contribution in [0.15, 0.2) is 91.0 Å². The third kappa shape index (κ3) is 7.87. The minimum Gasteiger partial charge on any atom is -0.493 e. The summed E-state index contributed by atoms with van der Waals surface area (Å²) in [6.45, 7) is 0.980. The van der Waals surface area contributed by atoms with Gasteiger partial charge in [-0.1, -0.05) is 42.5 Å². The number of rotatable bonds is 12. The highest BCUT2D eigenvalue weighted by atomic mass is 19.4. The summed E-state index contributed by atoms with van der Waals surface area (Å²) in [4.78, 5) is 25.6. The van der Waals surface area contributed by atoms with E-state index in [9.17, 15) is 22.8 Å². The number of hydrogen-bond donors (Lipinski definition) is 3. The van der Waals surface area contributed by atoms with E-state index in [2.05, 4.69) is 16.0 Å². The van der Waals surface area contributed by atoms with Gasteiger partial charge in [0.15, 0.2) is 11.5 Å². The molecule has 1 atom stereocenters. The summed E-state index contributed by atoms with van der Waals surface area (Å²) >= 11 is 0. The molecule has 4 aromatic rings. The van der Waals surface area contributed by atoms with Gasteiger partial charge in [-0.2, -0.15) is 13.2 Å². The molecule has 11 heteroatoms. The zero-order valence-corrected chi connectivity index (χ0v) is 24.3. The number of methoxy groups -OCH3 is 3. The van der Waals surface area contributed by atoms with Gasteiger partial charge < -0.3 is 24.8 Å². The van der Waals surface area contributed by atoms with Crippen molar-refractivity contribution in [2.75, 3.05) is 45.1 Å². The predicted molar refractivity (Wildman–Crippen MR) is 162 cm³/mol. The number of carbonyl (C=O) groups is 2. The van der Waals surface area contributed by atoms with Crippen molar-refractivity contribution in [2.45, 2.75) is 12.2 Å². The molecule has 0 radical (unpaired) electrons. The summed E-state index contributed by atoms with van der Waals surface area (Å²) in [6, 6.07) is 23.3. The Morgan fingerprint density at radius 1 is 0.773 bits per heavy atom. The molecule has 3 N–H and O–H groups in total. The molecular formula is C33H32F3N3O5. The fourth-order valence-corrected chi connectivity index (χ4v) is 4.54. The quantitative estimate of drug-likeness (QED) is 0.124. The Kier molecular flexibility index (Phi) is 10.5. The van der Waals surface area contributed by atoms with Gasteiger partial charge in [0, 0.05) is 24.5 Å². The van der Waals surface area contributed by atoms with Crippen LogP contribution in [0, 0.1) is 0 Å². The van der Waals surface area contributed by atoms with E-state index >= 15 is 0 Å². The van der Waals surface area contributed by atoms with Crippen LogP contribution in [0.3, 0.4) is 0 Å². The van der Waals surface area contributed by atoms with Crippen molar-refractivity contribution in [2.24, 2.45) is 0 Å². The molecule has 44 heavy (non-hydrogen) atoms. The van der Waals surface area contributed by atoms with E-state index in [1.165, 1.54) is 39.5 Å². The molecular weight excluding hydrogens is 575 g/mol.